The number of nitrogens with one attached hydrogen (secondary N) is 1. The van der Waals surface area contributed by atoms with Gasteiger partial charge in [0.2, 0.25) is 0 Å². The van der Waals surface area contributed by atoms with Gasteiger partial charge in [-0.15, -0.1) is 0 Å². The summed E-state index contributed by atoms with van der Waals surface area (Å²) in [5.74, 6) is 0.964. The van der Waals surface area contributed by atoms with E-state index in [-0.39, 0.29) is 0 Å². The van der Waals surface area contributed by atoms with E-state index in [1.54, 1.807) is 7.11 Å². The fourth-order valence-electron chi connectivity index (χ4n) is 2.36. The lowest BCUT2D eigenvalue weighted by Gasteiger charge is -2.16. The van der Waals surface area contributed by atoms with Crippen molar-refractivity contribution >= 4 is 0 Å². The highest BCUT2D eigenvalue weighted by molar-refractivity contribution is 5.28. The van der Waals surface area contributed by atoms with Crippen molar-refractivity contribution in [3.8, 4) is 5.75 Å². The number of ether oxygens (including phenoxy) is 1. The van der Waals surface area contributed by atoms with Crippen molar-refractivity contribution in [2.45, 2.75) is 38.1 Å². The summed E-state index contributed by atoms with van der Waals surface area (Å²) >= 11 is 0. The third-order valence-electron chi connectivity index (χ3n) is 3.28. The van der Waals surface area contributed by atoms with Crippen LogP contribution in [0.25, 0.3) is 0 Å². The largest absolute Gasteiger partial charge is 0.497 e. The van der Waals surface area contributed by atoms with Gasteiger partial charge in [0.25, 0.3) is 0 Å². The molecule has 1 fully saturated rings. The van der Waals surface area contributed by atoms with Gasteiger partial charge in [-0.05, 0) is 43.5 Å². The number of methoxy groups -OCH3 is 1. The molecule has 1 saturated heterocycles. The highest BCUT2D eigenvalue weighted by atomic mass is 16.5. The van der Waals surface area contributed by atoms with E-state index >= 15 is 0 Å². The minimum atomic E-state index is 0.648. The fraction of sp³-hybridized carbons (Fsp3) is 0.571. The van der Waals surface area contributed by atoms with Crippen LogP contribution in [0, 0.1) is 0 Å². The lowest BCUT2D eigenvalue weighted by atomic mass is 10.0. The van der Waals surface area contributed by atoms with Crippen molar-refractivity contribution < 1.29 is 4.74 Å². The Balaban J connectivity index is 1.96. The van der Waals surface area contributed by atoms with Crippen molar-refractivity contribution in [3.05, 3.63) is 29.8 Å². The molecule has 0 amide bonds. The van der Waals surface area contributed by atoms with Crippen molar-refractivity contribution in [1.29, 1.82) is 0 Å². The Kier molecular flexibility index (Phi) is 4.23. The van der Waals surface area contributed by atoms with Crippen LogP contribution in [-0.4, -0.2) is 19.7 Å². The molecule has 1 aromatic carbocycles. The topological polar surface area (TPSA) is 21.3 Å². The first-order valence-electron chi connectivity index (χ1n) is 6.25. The van der Waals surface area contributed by atoms with Gasteiger partial charge in [-0.1, -0.05) is 25.0 Å². The Bertz CT molecular complexity index is 316. The summed E-state index contributed by atoms with van der Waals surface area (Å²) < 4.78 is 5.25. The zero-order valence-corrected chi connectivity index (χ0v) is 10.0. The van der Waals surface area contributed by atoms with Crippen LogP contribution in [0.4, 0.5) is 0 Å². The molecular formula is C14H21NO. The molecule has 0 aliphatic carbocycles. The molecule has 1 aromatic rings. The van der Waals surface area contributed by atoms with Gasteiger partial charge >= 0.3 is 0 Å². The summed E-state index contributed by atoms with van der Waals surface area (Å²) in [7, 11) is 1.73. The van der Waals surface area contributed by atoms with Crippen LogP contribution in [0.2, 0.25) is 0 Å². The molecule has 0 saturated carbocycles. The zero-order chi connectivity index (χ0) is 11.2. The smallest absolute Gasteiger partial charge is 0.119 e. The van der Waals surface area contributed by atoms with Crippen molar-refractivity contribution in [2.75, 3.05) is 13.7 Å². The minimum Gasteiger partial charge on any atom is -0.497 e. The number of hydrogen-bond acceptors (Lipinski definition) is 2. The van der Waals surface area contributed by atoms with E-state index < -0.39 is 0 Å². The Hall–Kier alpha value is -1.02. The first-order valence-corrected chi connectivity index (χ1v) is 6.25. The predicted molar refractivity (Wildman–Crippen MR) is 67.0 cm³/mol. The van der Waals surface area contributed by atoms with E-state index in [4.69, 9.17) is 4.74 Å². The fourth-order valence-corrected chi connectivity index (χ4v) is 2.36. The summed E-state index contributed by atoms with van der Waals surface area (Å²) in [5, 5.41) is 3.63. The average Bonchev–Trinajstić information content (AvgIpc) is 2.58. The standard InChI is InChI=1S/C14H21NO/c1-16-14-8-5-6-12(11-14)10-13-7-3-2-4-9-15-13/h5-6,8,11,13,15H,2-4,7,9-10H2,1H3. The molecule has 0 bridgehead atoms. The number of benzene rings is 1. The summed E-state index contributed by atoms with van der Waals surface area (Å²) in [5.41, 5.74) is 1.37. The molecule has 1 aliphatic rings. The molecule has 2 rings (SSSR count). The Morgan fingerprint density at radius 3 is 3.12 bits per heavy atom. The molecule has 2 nitrogen and oxygen atoms in total. The molecule has 1 unspecified atom stereocenters. The summed E-state index contributed by atoms with van der Waals surface area (Å²) in [6.45, 7) is 1.18. The van der Waals surface area contributed by atoms with Crippen LogP contribution >= 0.6 is 0 Å². The van der Waals surface area contributed by atoms with Gasteiger partial charge in [-0.3, -0.25) is 0 Å². The van der Waals surface area contributed by atoms with Gasteiger partial charge in [-0.25, -0.2) is 0 Å². The van der Waals surface area contributed by atoms with Gasteiger partial charge < -0.3 is 10.1 Å². The van der Waals surface area contributed by atoms with Crippen LogP contribution in [0.5, 0.6) is 5.75 Å². The van der Waals surface area contributed by atoms with E-state index in [0.717, 1.165) is 12.2 Å². The van der Waals surface area contributed by atoms with Crippen LogP contribution < -0.4 is 10.1 Å². The summed E-state index contributed by atoms with van der Waals surface area (Å²) in [4.78, 5) is 0. The average molecular weight is 219 g/mol. The first kappa shape index (κ1) is 11.5. The molecular weight excluding hydrogens is 198 g/mol. The van der Waals surface area contributed by atoms with E-state index in [1.807, 2.05) is 6.07 Å². The van der Waals surface area contributed by atoms with E-state index in [0.29, 0.717) is 6.04 Å². The Morgan fingerprint density at radius 1 is 1.31 bits per heavy atom. The second-order valence-electron chi connectivity index (χ2n) is 4.56. The highest BCUT2D eigenvalue weighted by Gasteiger charge is 2.11. The predicted octanol–water partition coefficient (Wildman–Crippen LogP) is 2.77. The van der Waals surface area contributed by atoms with Gasteiger partial charge in [0.1, 0.15) is 5.75 Å². The van der Waals surface area contributed by atoms with Crippen molar-refractivity contribution in [3.63, 3.8) is 0 Å². The maximum Gasteiger partial charge on any atom is 0.119 e. The SMILES string of the molecule is COc1cccc(CC2CCCCCN2)c1. The van der Waals surface area contributed by atoms with Gasteiger partial charge in [0.05, 0.1) is 7.11 Å². The lowest BCUT2D eigenvalue weighted by Crippen LogP contribution is -2.30. The number of hydrogen-bond donors (Lipinski definition) is 1. The summed E-state index contributed by atoms with van der Waals surface area (Å²) in [6.07, 6.45) is 6.49. The van der Waals surface area contributed by atoms with E-state index in [9.17, 15) is 0 Å². The third kappa shape index (κ3) is 3.24. The quantitative estimate of drug-likeness (QED) is 0.844. The Labute approximate surface area is 98.0 Å². The van der Waals surface area contributed by atoms with Crippen LogP contribution in [-0.2, 0) is 6.42 Å². The molecule has 0 aromatic heterocycles. The zero-order valence-electron chi connectivity index (χ0n) is 10.0. The molecule has 1 atom stereocenters. The molecule has 88 valence electrons. The van der Waals surface area contributed by atoms with Crippen molar-refractivity contribution in [1.82, 2.24) is 5.32 Å². The first-order chi connectivity index (χ1) is 7.88. The summed E-state index contributed by atoms with van der Waals surface area (Å²) in [6, 6.07) is 9.06. The highest BCUT2D eigenvalue weighted by Crippen LogP contribution is 2.17. The lowest BCUT2D eigenvalue weighted by molar-refractivity contribution is 0.413. The van der Waals surface area contributed by atoms with Crippen molar-refractivity contribution in [2.24, 2.45) is 0 Å². The van der Waals surface area contributed by atoms with Gasteiger partial charge in [-0.2, -0.15) is 0 Å². The second-order valence-corrected chi connectivity index (χ2v) is 4.56. The molecule has 0 radical (unpaired) electrons. The normalized spacial score (nSPS) is 21.4. The van der Waals surface area contributed by atoms with E-state index in [2.05, 4.69) is 23.5 Å². The molecule has 1 N–H and O–H groups in total. The third-order valence-corrected chi connectivity index (χ3v) is 3.28. The van der Waals surface area contributed by atoms with Crippen LogP contribution in [0.1, 0.15) is 31.2 Å². The molecule has 1 aliphatic heterocycles. The van der Waals surface area contributed by atoms with Crippen LogP contribution in [0.15, 0.2) is 24.3 Å². The van der Waals surface area contributed by atoms with Gasteiger partial charge in [0, 0.05) is 6.04 Å². The maximum atomic E-state index is 5.25. The van der Waals surface area contributed by atoms with Crippen LogP contribution in [0.3, 0.4) is 0 Å². The van der Waals surface area contributed by atoms with E-state index in [1.165, 1.54) is 37.8 Å². The molecule has 2 heteroatoms. The molecule has 0 spiro atoms. The molecule has 1 heterocycles. The molecule has 16 heavy (non-hydrogen) atoms. The Morgan fingerprint density at radius 2 is 2.25 bits per heavy atom. The maximum absolute atomic E-state index is 5.25. The minimum absolute atomic E-state index is 0.648. The van der Waals surface area contributed by atoms with Gasteiger partial charge in [0.15, 0.2) is 0 Å². The second kappa shape index (κ2) is 5.90. The number of rotatable bonds is 3. The monoisotopic (exact) mass is 219 g/mol.